The fraction of sp³-hybridized carbons (Fsp3) is 0.316. The molecule has 0 atom stereocenters. The molecule has 1 N–H and O–H groups in total. The predicted molar refractivity (Wildman–Crippen MR) is 120 cm³/mol. The van der Waals surface area contributed by atoms with Gasteiger partial charge in [0.05, 0.1) is 21.4 Å². The van der Waals surface area contributed by atoms with Crippen LogP contribution >= 0.6 is 35.0 Å². The van der Waals surface area contributed by atoms with Gasteiger partial charge in [-0.2, -0.15) is 16.1 Å². The SMILES string of the molecule is CCN(CC)S(=O)(=O)c1ccc(Oc2ccc(Cl)cc2Cl)c(NC(=O)CSC)c1. The van der Waals surface area contributed by atoms with Crippen molar-refractivity contribution in [2.24, 2.45) is 0 Å². The third kappa shape index (κ3) is 6.02. The summed E-state index contributed by atoms with van der Waals surface area (Å²) in [6.45, 7) is 4.21. The molecule has 2 rings (SSSR count). The summed E-state index contributed by atoms with van der Waals surface area (Å²) in [7, 11) is -3.70. The van der Waals surface area contributed by atoms with Crippen molar-refractivity contribution in [1.82, 2.24) is 4.31 Å². The van der Waals surface area contributed by atoms with Crippen LogP contribution in [-0.4, -0.2) is 43.7 Å². The zero-order valence-electron chi connectivity index (χ0n) is 16.2. The van der Waals surface area contributed by atoms with Crippen LogP contribution in [-0.2, 0) is 14.8 Å². The molecule has 0 bridgehead atoms. The summed E-state index contributed by atoms with van der Waals surface area (Å²) in [6, 6.07) is 9.08. The molecular formula is C19H22Cl2N2O4S2. The maximum Gasteiger partial charge on any atom is 0.243 e. The number of amides is 1. The molecule has 6 nitrogen and oxygen atoms in total. The average molecular weight is 477 g/mol. The molecule has 10 heteroatoms. The minimum Gasteiger partial charge on any atom is -0.454 e. The molecule has 0 radical (unpaired) electrons. The number of nitrogens with one attached hydrogen (secondary N) is 1. The van der Waals surface area contributed by atoms with Crippen LogP contribution in [0.4, 0.5) is 5.69 Å². The quantitative estimate of drug-likeness (QED) is 0.543. The summed E-state index contributed by atoms with van der Waals surface area (Å²) >= 11 is 13.4. The highest BCUT2D eigenvalue weighted by atomic mass is 35.5. The Morgan fingerprint density at radius 2 is 1.76 bits per heavy atom. The van der Waals surface area contributed by atoms with Gasteiger partial charge >= 0.3 is 0 Å². The molecule has 0 fully saturated rings. The maximum atomic E-state index is 12.9. The van der Waals surface area contributed by atoms with Crippen molar-refractivity contribution in [2.45, 2.75) is 18.7 Å². The van der Waals surface area contributed by atoms with E-state index in [-0.39, 0.29) is 28.0 Å². The summed E-state index contributed by atoms with van der Waals surface area (Å²) in [6.07, 6.45) is 1.80. The topological polar surface area (TPSA) is 75.7 Å². The van der Waals surface area contributed by atoms with Gasteiger partial charge in [-0.25, -0.2) is 8.42 Å². The first-order valence-corrected chi connectivity index (χ1v) is 12.4. The van der Waals surface area contributed by atoms with Crippen LogP contribution in [0.25, 0.3) is 0 Å². The van der Waals surface area contributed by atoms with Crippen LogP contribution in [0, 0.1) is 0 Å². The predicted octanol–water partition coefficient (Wildman–Crippen LogP) is 5.12. The monoisotopic (exact) mass is 476 g/mol. The number of rotatable bonds is 9. The first-order valence-electron chi connectivity index (χ1n) is 8.78. The van der Waals surface area contributed by atoms with Crippen molar-refractivity contribution in [2.75, 3.05) is 30.4 Å². The Bertz CT molecular complexity index is 980. The molecule has 0 heterocycles. The molecule has 0 aliphatic rings. The third-order valence-electron chi connectivity index (χ3n) is 3.96. The lowest BCUT2D eigenvalue weighted by atomic mass is 10.2. The van der Waals surface area contributed by atoms with E-state index in [1.807, 2.05) is 0 Å². The number of ether oxygens (including phenoxy) is 1. The Morgan fingerprint density at radius 3 is 2.34 bits per heavy atom. The molecule has 29 heavy (non-hydrogen) atoms. The molecule has 0 aromatic heterocycles. The van der Waals surface area contributed by atoms with E-state index in [1.54, 1.807) is 32.2 Å². The van der Waals surface area contributed by atoms with Crippen molar-refractivity contribution in [3.8, 4) is 11.5 Å². The summed E-state index contributed by atoms with van der Waals surface area (Å²) in [5.41, 5.74) is 0.239. The lowest BCUT2D eigenvalue weighted by molar-refractivity contribution is -0.113. The molecule has 0 saturated carbocycles. The van der Waals surface area contributed by atoms with Gasteiger partial charge in [0.2, 0.25) is 15.9 Å². The zero-order chi connectivity index (χ0) is 21.6. The molecular weight excluding hydrogens is 455 g/mol. The number of nitrogens with zero attached hydrogens (tertiary/aromatic N) is 1. The van der Waals surface area contributed by atoms with Crippen molar-refractivity contribution in [1.29, 1.82) is 0 Å². The van der Waals surface area contributed by atoms with Crippen molar-refractivity contribution in [3.63, 3.8) is 0 Å². The number of thioether (sulfide) groups is 1. The number of carbonyl (C=O) groups excluding carboxylic acids is 1. The van der Waals surface area contributed by atoms with Gasteiger partial charge in [0.1, 0.15) is 5.75 Å². The minimum atomic E-state index is -3.70. The number of benzene rings is 2. The standard InChI is InChI=1S/C19H22Cl2N2O4S2/c1-4-23(5-2)29(25,26)14-7-9-18(16(11-14)22-19(24)12-28-3)27-17-8-6-13(20)10-15(17)21/h6-11H,4-5,12H2,1-3H3,(H,22,24). The molecule has 158 valence electrons. The van der Waals surface area contributed by atoms with Crippen LogP contribution in [0.1, 0.15) is 13.8 Å². The van der Waals surface area contributed by atoms with Crippen molar-refractivity contribution in [3.05, 3.63) is 46.4 Å². The second-order valence-corrected chi connectivity index (χ2v) is 9.55. The lowest BCUT2D eigenvalue weighted by Gasteiger charge is -2.20. The average Bonchev–Trinajstić information content (AvgIpc) is 2.66. The fourth-order valence-electron chi connectivity index (χ4n) is 2.56. The van der Waals surface area contributed by atoms with Gasteiger partial charge < -0.3 is 10.1 Å². The van der Waals surface area contributed by atoms with Gasteiger partial charge in [-0.1, -0.05) is 37.0 Å². The Balaban J connectivity index is 2.48. The first-order chi connectivity index (χ1) is 13.7. The van der Waals surface area contributed by atoms with E-state index in [2.05, 4.69) is 5.32 Å². The summed E-state index contributed by atoms with van der Waals surface area (Å²) in [5.74, 6) is 0.536. The molecule has 2 aromatic carbocycles. The normalized spacial score (nSPS) is 11.5. The highest BCUT2D eigenvalue weighted by Crippen LogP contribution is 2.36. The van der Waals surface area contributed by atoms with Crippen LogP contribution in [0.15, 0.2) is 41.3 Å². The highest BCUT2D eigenvalue weighted by molar-refractivity contribution is 7.99. The largest absolute Gasteiger partial charge is 0.454 e. The number of anilines is 1. The molecule has 2 aromatic rings. The number of carbonyl (C=O) groups is 1. The fourth-order valence-corrected chi connectivity index (χ4v) is 4.83. The zero-order valence-corrected chi connectivity index (χ0v) is 19.4. The third-order valence-corrected chi connectivity index (χ3v) is 7.08. The number of halogens is 2. The lowest BCUT2D eigenvalue weighted by Crippen LogP contribution is -2.30. The second kappa shape index (κ2) is 10.5. The van der Waals surface area contributed by atoms with Crippen LogP contribution < -0.4 is 10.1 Å². The van der Waals surface area contributed by atoms with E-state index < -0.39 is 10.0 Å². The summed E-state index contributed by atoms with van der Waals surface area (Å²) < 4.78 is 32.9. The minimum absolute atomic E-state index is 0.0650. The molecule has 0 unspecified atom stereocenters. The van der Waals surface area contributed by atoms with Gasteiger partial charge in [0, 0.05) is 18.1 Å². The van der Waals surface area contributed by atoms with E-state index in [9.17, 15) is 13.2 Å². The van der Waals surface area contributed by atoms with E-state index in [0.29, 0.717) is 28.9 Å². The van der Waals surface area contributed by atoms with E-state index in [0.717, 1.165) is 0 Å². The molecule has 0 aliphatic carbocycles. The van der Waals surface area contributed by atoms with Crippen molar-refractivity contribution >= 4 is 56.6 Å². The maximum absolute atomic E-state index is 12.9. The first kappa shape index (κ1) is 23.8. The smallest absolute Gasteiger partial charge is 0.243 e. The van der Waals surface area contributed by atoms with Gasteiger partial charge in [-0.05, 0) is 42.7 Å². The Labute approximate surface area is 185 Å². The van der Waals surface area contributed by atoms with Gasteiger partial charge in [0.25, 0.3) is 0 Å². The van der Waals surface area contributed by atoms with Gasteiger partial charge in [0.15, 0.2) is 5.75 Å². The number of hydrogen-bond donors (Lipinski definition) is 1. The number of hydrogen-bond acceptors (Lipinski definition) is 5. The second-order valence-electron chi connectivity index (χ2n) is 5.91. The number of sulfonamides is 1. The summed E-state index contributed by atoms with van der Waals surface area (Å²) in [4.78, 5) is 12.2. The van der Waals surface area contributed by atoms with Crippen LogP contribution in [0.5, 0.6) is 11.5 Å². The van der Waals surface area contributed by atoms with Gasteiger partial charge in [-0.15, -0.1) is 0 Å². The summed E-state index contributed by atoms with van der Waals surface area (Å²) in [5, 5.41) is 3.46. The van der Waals surface area contributed by atoms with E-state index >= 15 is 0 Å². The highest BCUT2D eigenvalue weighted by Gasteiger charge is 2.23. The van der Waals surface area contributed by atoms with Crippen molar-refractivity contribution < 1.29 is 17.9 Å². The van der Waals surface area contributed by atoms with E-state index in [4.69, 9.17) is 27.9 Å². The molecule has 0 spiro atoms. The molecule has 0 saturated heterocycles. The molecule has 1 amide bonds. The Hall–Kier alpha value is -1.45. The molecule has 0 aliphatic heterocycles. The van der Waals surface area contributed by atoms with E-state index in [1.165, 1.54) is 40.3 Å². The Morgan fingerprint density at radius 1 is 1.10 bits per heavy atom. The van der Waals surface area contributed by atoms with Gasteiger partial charge in [-0.3, -0.25) is 4.79 Å². The Kier molecular flexibility index (Phi) is 8.66. The van der Waals surface area contributed by atoms with Crippen LogP contribution in [0.3, 0.4) is 0 Å². The van der Waals surface area contributed by atoms with Crippen LogP contribution in [0.2, 0.25) is 10.0 Å².